The molecule has 0 fully saturated rings. The zero-order valence-corrected chi connectivity index (χ0v) is 12.3. The van der Waals surface area contributed by atoms with Crippen LogP contribution in [0.25, 0.3) is 0 Å². The molecule has 7 heteroatoms. The highest BCUT2D eigenvalue weighted by Gasteiger charge is 2.35. The monoisotopic (exact) mass is 372 g/mol. The van der Waals surface area contributed by atoms with Crippen LogP contribution in [0, 0.1) is 5.82 Å². The number of halogens is 6. The molecular weight excluding hydrogens is 368 g/mol. The molecule has 2 aromatic rings. The quantitative estimate of drug-likeness (QED) is 0.444. The summed E-state index contributed by atoms with van der Waals surface area (Å²) in [4.78, 5) is -0.0180. The van der Waals surface area contributed by atoms with Gasteiger partial charge >= 0.3 is 6.18 Å². The maximum Gasteiger partial charge on any atom is 0.419 e. The highest BCUT2D eigenvalue weighted by atomic mass is 79.9. The lowest BCUT2D eigenvalue weighted by molar-refractivity contribution is -0.140. The molecule has 1 unspecified atom stereocenters. The Morgan fingerprint density at radius 2 is 1.84 bits per heavy atom. The first-order valence-corrected chi connectivity index (χ1v) is 7.16. The van der Waals surface area contributed by atoms with Crippen molar-refractivity contribution in [1.82, 2.24) is 0 Å². The third kappa shape index (κ3) is 3.12. The summed E-state index contributed by atoms with van der Waals surface area (Å²) in [6, 6.07) is 6.48. The van der Waals surface area contributed by atoms with E-state index in [0.717, 1.165) is 6.07 Å². The van der Waals surface area contributed by atoms with Gasteiger partial charge in [0.25, 0.3) is 0 Å². The molecule has 1 aromatic heterocycles. The van der Waals surface area contributed by atoms with Gasteiger partial charge < -0.3 is 0 Å². The summed E-state index contributed by atoms with van der Waals surface area (Å²) in [5.41, 5.74) is -1.33. The second-order valence-corrected chi connectivity index (χ2v) is 6.37. The zero-order valence-electron chi connectivity index (χ0n) is 9.14. The minimum atomic E-state index is -4.71. The van der Waals surface area contributed by atoms with Gasteiger partial charge in [0, 0.05) is 10.4 Å². The molecule has 0 nitrogen and oxygen atoms in total. The van der Waals surface area contributed by atoms with Crippen molar-refractivity contribution >= 4 is 38.9 Å². The fourth-order valence-electron chi connectivity index (χ4n) is 1.58. The minimum Gasteiger partial charge on any atom is -0.206 e. The molecule has 0 aliphatic rings. The summed E-state index contributed by atoms with van der Waals surface area (Å²) >= 11 is 10.1. The van der Waals surface area contributed by atoms with Gasteiger partial charge in [0.1, 0.15) is 5.82 Å². The smallest absolute Gasteiger partial charge is 0.206 e. The number of hydrogen-bond donors (Lipinski definition) is 0. The van der Waals surface area contributed by atoms with Crippen LogP contribution >= 0.6 is 38.9 Å². The van der Waals surface area contributed by atoms with Gasteiger partial charge in [-0.3, -0.25) is 0 Å². The molecule has 0 N–H and O–H groups in total. The van der Waals surface area contributed by atoms with E-state index in [1.807, 2.05) is 0 Å². The van der Waals surface area contributed by atoms with Gasteiger partial charge in [-0.15, -0.1) is 11.3 Å². The third-order valence-electron chi connectivity index (χ3n) is 2.45. The van der Waals surface area contributed by atoms with Gasteiger partial charge in [-0.25, -0.2) is 4.39 Å². The lowest BCUT2D eigenvalue weighted by Gasteiger charge is -2.14. The first kappa shape index (κ1) is 14.8. The zero-order chi connectivity index (χ0) is 14.2. The van der Waals surface area contributed by atoms with E-state index in [-0.39, 0.29) is 5.56 Å². The standard InChI is InChI=1S/C12H6BrClF4S/c13-10(8-4-5-9(14)19-8)6-2-1-3-7(11(6)15)12(16,17)18/h1-5,10H. The Morgan fingerprint density at radius 1 is 1.16 bits per heavy atom. The van der Waals surface area contributed by atoms with Gasteiger partial charge in [0.2, 0.25) is 0 Å². The summed E-state index contributed by atoms with van der Waals surface area (Å²) in [5.74, 6) is -1.26. The molecule has 0 aliphatic carbocycles. The number of thiophene rings is 1. The first-order valence-electron chi connectivity index (χ1n) is 5.05. The Morgan fingerprint density at radius 3 is 2.37 bits per heavy atom. The average molecular weight is 374 g/mol. The van der Waals surface area contributed by atoms with E-state index in [0.29, 0.717) is 9.21 Å². The van der Waals surface area contributed by atoms with E-state index < -0.39 is 22.4 Å². The predicted molar refractivity (Wildman–Crippen MR) is 71.5 cm³/mol. The van der Waals surface area contributed by atoms with Crippen LogP contribution in [0.15, 0.2) is 30.3 Å². The minimum absolute atomic E-state index is 0.0617. The van der Waals surface area contributed by atoms with Gasteiger partial charge in [-0.1, -0.05) is 39.7 Å². The number of rotatable bonds is 2. The number of benzene rings is 1. The Kier molecular flexibility index (Phi) is 4.23. The van der Waals surface area contributed by atoms with E-state index in [9.17, 15) is 17.6 Å². The molecule has 0 saturated carbocycles. The molecule has 0 spiro atoms. The molecule has 1 atom stereocenters. The molecule has 0 saturated heterocycles. The molecule has 1 heterocycles. The predicted octanol–water partition coefficient (Wildman–Crippen LogP) is 6.04. The van der Waals surface area contributed by atoms with E-state index in [2.05, 4.69) is 15.9 Å². The van der Waals surface area contributed by atoms with Crippen molar-refractivity contribution in [2.24, 2.45) is 0 Å². The molecule has 0 bridgehead atoms. The average Bonchev–Trinajstić information content (AvgIpc) is 2.74. The second kappa shape index (κ2) is 5.42. The van der Waals surface area contributed by atoms with E-state index >= 15 is 0 Å². The summed E-state index contributed by atoms with van der Waals surface area (Å²) in [6.07, 6.45) is -4.71. The topological polar surface area (TPSA) is 0 Å². The van der Waals surface area contributed by atoms with Gasteiger partial charge in [-0.05, 0) is 18.2 Å². The normalized spacial score (nSPS) is 13.6. The molecule has 1 aromatic carbocycles. The van der Waals surface area contributed by atoms with Crippen LogP contribution in [-0.4, -0.2) is 0 Å². The van der Waals surface area contributed by atoms with Crippen molar-refractivity contribution in [3.05, 3.63) is 56.5 Å². The summed E-state index contributed by atoms with van der Waals surface area (Å²) in [7, 11) is 0. The van der Waals surface area contributed by atoms with Crippen molar-refractivity contribution in [3.8, 4) is 0 Å². The molecule has 102 valence electrons. The Hall–Kier alpha value is -0.590. The Balaban J connectivity index is 2.46. The fourth-order valence-corrected chi connectivity index (χ4v) is 3.43. The van der Waals surface area contributed by atoms with Crippen LogP contribution in [0.4, 0.5) is 17.6 Å². The first-order chi connectivity index (χ1) is 8.80. The second-order valence-electron chi connectivity index (χ2n) is 3.71. The molecule has 0 radical (unpaired) electrons. The van der Waals surface area contributed by atoms with E-state index in [4.69, 9.17) is 11.6 Å². The lowest BCUT2D eigenvalue weighted by Crippen LogP contribution is -2.10. The van der Waals surface area contributed by atoms with Crippen molar-refractivity contribution in [1.29, 1.82) is 0 Å². The van der Waals surface area contributed by atoms with Crippen LogP contribution < -0.4 is 0 Å². The summed E-state index contributed by atoms with van der Waals surface area (Å²) < 4.78 is 52.3. The van der Waals surface area contributed by atoms with Gasteiger partial charge in [0.05, 0.1) is 14.7 Å². The highest BCUT2D eigenvalue weighted by Crippen LogP contribution is 2.41. The number of alkyl halides is 4. The Bertz CT molecular complexity index is 594. The van der Waals surface area contributed by atoms with Crippen LogP contribution in [0.2, 0.25) is 4.34 Å². The van der Waals surface area contributed by atoms with Crippen LogP contribution in [0.5, 0.6) is 0 Å². The molecule has 19 heavy (non-hydrogen) atoms. The number of hydrogen-bond acceptors (Lipinski definition) is 1. The molecule has 0 amide bonds. The van der Waals surface area contributed by atoms with Crippen LogP contribution in [0.1, 0.15) is 20.8 Å². The SMILES string of the molecule is Fc1c(C(Br)c2ccc(Cl)s2)cccc1C(F)(F)F. The van der Waals surface area contributed by atoms with E-state index in [1.165, 1.54) is 23.5 Å². The summed E-state index contributed by atoms with van der Waals surface area (Å²) in [5, 5.41) is 0. The molecule has 0 aliphatic heterocycles. The summed E-state index contributed by atoms with van der Waals surface area (Å²) in [6.45, 7) is 0. The maximum atomic E-state index is 13.9. The van der Waals surface area contributed by atoms with Crippen molar-refractivity contribution in [2.45, 2.75) is 11.0 Å². The van der Waals surface area contributed by atoms with Crippen molar-refractivity contribution < 1.29 is 17.6 Å². The van der Waals surface area contributed by atoms with Crippen LogP contribution in [-0.2, 0) is 6.18 Å². The van der Waals surface area contributed by atoms with Gasteiger partial charge in [0.15, 0.2) is 0 Å². The fraction of sp³-hybridized carbons (Fsp3) is 0.167. The van der Waals surface area contributed by atoms with Crippen molar-refractivity contribution in [3.63, 3.8) is 0 Å². The van der Waals surface area contributed by atoms with E-state index in [1.54, 1.807) is 12.1 Å². The Labute approximate surface area is 124 Å². The maximum absolute atomic E-state index is 13.9. The molecular formula is C12H6BrClF4S. The van der Waals surface area contributed by atoms with Crippen LogP contribution in [0.3, 0.4) is 0 Å². The molecule has 2 rings (SSSR count). The lowest BCUT2D eigenvalue weighted by atomic mass is 10.1. The van der Waals surface area contributed by atoms with Gasteiger partial charge in [-0.2, -0.15) is 13.2 Å². The largest absolute Gasteiger partial charge is 0.419 e. The van der Waals surface area contributed by atoms with Crippen molar-refractivity contribution in [2.75, 3.05) is 0 Å². The third-order valence-corrected chi connectivity index (χ3v) is 5.04. The highest BCUT2D eigenvalue weighted by molar-refractivity contribution is 9.09.